The Morgan fingerprint density at radius 2 is 1.86 bits per heavy atom. The van der Waals surface area contributed by atoms with Gasteiger partial charge in [0.15, 0.2) is 0 Å². The zero-order valence-electron chi connectivity index (χ0n) is 12.2. The average molecular weight is 330 g/mol. The van der Waals surface area contributed by atoms with Crippen molar-refractivity contribution in [3.63, 3.8) is 0 Å². The Balaban J connectivity index is 1.55. The van der Waals surface area contributed by atoms with Crippen LogP contribution in [0.2, 0.25) is 0 Å². The number of nitrogens with zero attached hydrogens (tertiary/aromatic N) is 1. The number of carbonyl (C=O) groups is 1. The molecule has 0 aromatic heterocycles. The Morgan fingerprint density at radius 1 is 1.14 bits per heavy atom. The Kier molecular flexibility index (Phi) is 4.95. The van der Waals surface area contributed by atoms with Gasteiger partial charge in [-0.3, -0.25) is 4.79 Å². The molecule has 0 radical (unpaired) electrons. The predicted octanol–water partition coefficient (Wildman–Crippen LogP) is 3.89. The van der Waals surface area contributed by atoms with Crippen LogP contribution in [-0.4, -0.2) is 34.0 Å². The van der Waals surface area contributed by atoms with Crippen molar-refractivity contribution in [2.45, 2.75) is 12.8 Å². The molecule has 1 fully saturated rings. The molecule has 0 saturated carbocycles. The van der Waals surface area contributed by atoms with E-state index in [1.54, 1.807) is 0 Å². The number of fused-ring (bicyclic) bond motifs is 1. The first kappa shape index (κ1) is 15.3. The van der Waals surface area contributed by atoms with Crippen LogP contribution in [-0.2, 0) is 4.79 Å². The van der Waals surface area contributed by atoms with Crippen LogP contribution < -0.4 is 5.32 Å². The summed E-state index contributed by atoms with van der Waals surface area (Å²) in [6.45, 7) is 2.05. The molecule has 0 unspecified atom stereocenters. The van der Waals surface area contributed by atoms with E-state index in [-0.39, 0.29) is 5.91 Å². The second-order valence-electron chi connectivity index (χ2n) is 5.36. The number of likely N-dealkylation sites (tertiary alicyclic amines) is 1. The minimum atomic E-state index is -0.0122. The fourth-order valence-corrected chi connectivity index (χ4v) is 3.63. The Morgan fingerprint density at radius 3 is 2.64 bits per heavy atom. The van der Waals surface area contributed by atoms with Gasteiger partial charge >= 0.3 is 0 Å². The Labute approximate surface area is 140 Å². The number of nitrogens with one attached hydrogen (secondary N) is 1. The van der Waals surface area contributed by atoms with E-state index in [2.05, 4.69) is 16.3 Å². The lowest BCUT2D eigenvalue weighted by molar-refractivity contribution is -0.113. The van der Waals surface area contributed by atoms with Crippen molar-refractivity contribution in [1.29, 1.82) is 0 Å². The average Bonchev–Trinajstić information content (AvgIpc) is 3.07. The van der Waals surface area contributed by atoms with E-state index in [0.29, 0.717) is 5.75 Å². The summed E-state index contributed by atoms with van der Waals surface area (Å²) in [5.41, 5.74) is 0.830. The summed E-state index contributed by atoms with van der Waals surface area (Å²) in [6.07, 6.45) is 2.40. The summed E-state index contributed by atoms with van der Waals surface area (Å²) >= 11 is 6.82. The van der Waals surface area contributed by atoms with Crippen molar-refractivity contribution in [1.82, 2.24) is 4.90 Å². The van der Waals surface area contributed by atoms with E-state index in [0.717, 1.165) is 28.5 Å². The maximum atomic E-state index is 12.1. The first-order chi connectivity index (χ1) is 10.7. The SMILES string of the molecule is O=C(CSC(=S)N1CCCC1)Nc1ccc2ccccc2c1. The second-order valence-corrected chi connectivity index (χ2v) is 6.97. The van der Waals surface area contributed by atoms with Crippen molar-refractivity contribution in [3.8, 4) is 0 Å². The maximum Gasteiger partial charge on any atom is 0.234 e. The highest BCUT2D eigenvalue weighted by atomic mass is 32.2. The molecule has 1 aliphatic rings. The number of carbonyl (C=O) groups excluding carboxylic acids is 1. The molecule has 0 spiro atoms. The lowest BCUT2D eigenvalue weighted by Gasteiger charge is -2.17. The fourth-order valence-electron chi connectivity index (χ4n) is 2.58. The molecule has 1 saturated heterocycles. The normalized spacial score (nSPS) is 14.3. The van der Waals surface area contributed by atoms with Gasteiger partial charge in [0.2, 0.25) is 5.91 Å². The van der Waals surface area contributed by atoms with Crippen molar-refractivity contribution in [2.24, 2.45) is 0 Å². The Hall–Kier alpha value is -1.59. The summed E-state index contributed by atoms with van der Waals surface area (Å²) in [7, 11) is 0. The first-order valence-corrected chi connectivity index (χ1v) is 8.82. The van der Waals surface area contributed by atoms with Crippen LogP contribution in [0.1, 0.15) is 12.8 Å². The summed E-state index contributed by atoms with van der Waals surface area (Å²) in [6, 6.07) is 14.1. The predicted molar refractivity (Wildman–Crippen MR) is 98.4 cm³/mol. The minimum Gasteiger partial charge on any atom is -0.358 e. The smallest absolute Gasteiger partial charge is 0.234 e. The zero-order valence-corrected chi connectivity index (χ0v) is 13.9. The first-order valence-electron chi connectivity index (χ1n) is 7.43. The largest absolute Gasteiger partial charge is 0.358 e. The molecule has 3 nitrogen and oxygen atoms in total. The molecule has 114 valence electrons. The molecule has 22 heavy (non-hydrogen) atoms. The van der Waals surface area contributed by atoms with Crippen LogP contribution in [0.15, 0.2) is 42.5 Å². The van der Waals surface area contributed by atoms with Crippen molar-refractivity contribution in [2.75, 3.05) is 24.2 Å². The number of rotatable bonds is 3. The van der Waals surface area contributed by atoms with Gasteiger partial charge in [0, 0.05) is 18.8 Å². The lowest BCUT2D eigenvalue weighted by Crippen LogP contribution is -2.25. The van der Waals surface area contributed by atoms with Crippen LogP contribution in [0, 0.1) is 0 Å². The zero-order chi connectivity index (χ0) is 15.4. The monoisotopic (exact) mass is 330 g/mol. The van der Waals surface area contributed by atoms with Crippen LogP contribution in [0.25, 0.3) is 10.8 Å². The number of amides is 1. The fraction of sp³-hybridized carbons (Fsp3) is 0.294. The standard InChI is InChI=1S/C17H18N2OS2/c20-16(12-22-17(21)19-9-3-4-10-19)18-15-8-7-13-5-1-2-6-14(13)11-15/h1-2,5-8,11H,3-4,9-10,12H2,(H,18,20). The second kappa shape index (κ2) is 7.11. The molecule has 2 aromatic rings. The summed E-state index contributed by atoms with van der Waals surface area (Å²) < 4.78 is 0.839. The molecule has 1 heterocycles. The number of thiocarbonyl (C=S) groups is 1. The molecule has 0 bridgehead atoms. The lowest BCUT2D eigenvalue weighted by atomic mass is 10.1. The van der Waals surface area contributed by atoms with Crippen LogP contribution in [0.3, 0.4) is 0 Å². The molecule has 2 aromatic carbocycles. The van der Waals surface area contributed by atoms with E-state index >= 15 is 0 Å². The van der Waals surface area contributed by atoms with E-state index < -0.39 is 0 Å². The third-order valence-electron chi connectivity index (χ3n) is 3.72. The third kappa shape index (κ3) is 3.78. The molecule has 0 aliphatic carbocycles. The molecule has 5 heteroatoms. The molecule has 3 rings (SSSR count). The highest BCUT2D eigenvalue weighted by molar-refractivity contribution is 8.23. The van der Waals surface area contributed by atoms with Gasteiger partial charge in [0.1, 0.15) is 4.32 Å². The molecule has 1 N–H and O–H groups in total. The maximum absolute atomic E-state index is 12.1. The van der Waals surface area contributed by atoms with Gasteiger partial charge in [-0.15, -0.1) is 0 Å². The molecule has 1 amide bonds. The topological polar surface area (TPSA) is 32.3 Å². The highest BCUT2D eigenvalue weighted by Gasteiger charge is 2.16. The van der Waals surface area contributed by atoms with Gasteiger partial charge in [0.25, 0.3) is 0 Å². The molecule has 0 atom stereocenters. The van der Waals surface area contributed by atoms with E-state index in [9.17, 15) is 4.79 Å². The highest BCUT2D eigenvalue weighted by Crippen LogP contribution is 2.20. The van der Waals surface area contributed by atoms with Gasteiger partial charge < -0.3 is 10.2 Å². The molecular weight excluding hydrogens is 312 g/mol. The van der Waals surface area contributed by atoms with Crippen molar-refractivity contribution in [3.05, 3.63) is 42.5 Å². The van der Waals surface area contributed by atoms with Gasteiger partial charge in [-0.05, 0) is 35.7 Å². The number of benzene rings is 2. The van der Waals surface area contributed by atoms with Gasteiger partial charge in [-0.2, -0.15) is 0 Å². The summed E-state index contributed by atoms with van der Waals surface area (Å²) in [5, 5.41) is 5.24. The quantitative estimate of drug-likeness (QED) is 0.865. The third-order valence-corrected chi connectivity index (χ3v) is 5.25. The Bertz CT molecular complexity index is 696. The molecule has 1 aliphatic heterocycles. The van der Waals surface area contributed by atoms with Crippen LogP contribution >= 0.6 is 24.0 Å². The minimum absolute atomic E-state index is 0.0122. The van der Waals surface area contributed by atoms with Crippen LogP contribution in [0.5, 0.6) is 0 Å². The number of hydrogen-bond donors (Lipinski definition) is 1. The number of anilines is 1. The summed E-state index contributed by atoms with van der Waals surface area (Å²) in [4.78, 5) is 14.2. The van der Waals surface area contributed by atoms with Gasteiger partial charge in [-0.1, -0.05) is 54.3 Å². The van der Waals surface area contributed by atoms with Crippen molar-refractivity contribution < 1.29 is 4.79 Å². The molecular formula is C17H18N2OS2. The van der Waals surface area contributed by atoms with E-state index in [4.69, 9.17) is 12.2 Å². The van der Waals surface area contributed by atoms with Gasteiger partial charge in [-0.25, -0.2) is 0 Å². The summed E-state index contributed by atoms with van der Waals surface area (Å²) in [5.74, 6) is 0.351. The van der Waals surface area contributed by atoms with E-state index in [1.165, 1.54) is 30.0 Å². The van der Waals surface area contributed by atoms with Gasteiger partial charge in [0.05, 0.1) is 5.75 Å². The van der Waals surface area contributed by atoms with Crippen LogP contribution in [0.4, 0.5) is 5.69 Å². The van der Waals surface area contributed by atoms with E-state index in [1.807, 2.05) is 36.4 Å². The number of thioether (sulfide) groups is 1. The number of hydrogen-bond acceptors (Lipinski definition) is 3. The van der Waals surface area contributed by atoms with Crippen molar-refractivity contribution >= 4 is 50.7 Å².